The molecule has 0 aliphatic carbocycles. The maximum Gasteiger partial charge on any atom is 0.309 e. The summed E-state index contributed by atoms with van der Waals surface area (Å²) in [6.07, 6.45) is 1.69. The van der Waals surface area contributed by atoms with Crippen LogP contribution in [0.5, 0.6) is 5.75 Å². The van der Waals surface area contributed by atoms with E-state index >= 15 is 0 Å². The van der Waals surface area contributed by atoms with Crippen molar-refractivity contribution < 1.29 is 14.3 Å². The van der Waals surface area contributed by atoms with E-state index in [9.17, 15) is 4.79 Å². The van der Waals surface area contributed by atoms with Crippen LogP contribution >= 0.6 is 23.2 Å². The fourth-order valence-corrected chi connectivity index (χ4v) is 2.86. The predicted molar refractivity (Wildman–Crippen MR) is 87.8 cm³/mol. The van der Waals surface area contributed by atoms with E-state index in [1.54, 1.807) is 18.2 Å². The Morgan fingerprint density at radius 2 is 2.05 bits per heavy atom. The molecular formula is C16H21Cl2NO3. The molecule has 1 aliphatic heterocycles. The second kappa shape index (κ2) is 8.61. The minimum Gasteiger partial charge on any atom is -0.491 e. The van der Waals surface area contributed by atoms with Gasteiger partial charge in [0.1, 0.15) is 12.4 Å². The summed E-state index contributed by atoms with van der Waals surface area (Å²) in [5, 5.41) is 1.17. The highest BCUT2D eigenvalue weighted by molar-refractivity contribution is 6.34. The average molecular weight is 346 g/mol. The van der Waals surface area contributed by atoms with E-state index in [1.807, 2.05) is 6.92 Å². The van der Waals surface area contributed by atoms with Crippen LogP contribution in [-0.4, -0.2) is 43.7 Å². The van der Waals surface area contributed by atoms with Crippen LogP contribution in [0.15, 0.2) is 18.2 Å². The third kappa shape index (κ3) is 5.04. The highest BCUT2D eigenvalue weighted by Gasteiger charge is 2.25. The number of carbonyl (C=O) groups is 1. The van der Waals surface area contributed by atoms with Gasteiger partial charge in [0.2, 0.25) is 0 Å². The Morgan fingerprint density at radius 3 is 2.73 bits per heavy atom. The molecule has 0 N–H and O–H groups in total. The van der Waals surface area contributed by atoms with Crippen LogP contribution in [0, 0.1) is 5.92 Å². The number of halogens is 2. The van der Waals surface area contributed by atoms with Crippen LogP contribution in [0.1, 0.15) is 19.8 Å². The van der Waals surface area contributed by atoms with Gasteiger partial charge in [0.05, 0.1) is 17.5 Å². The van der Waals surface area contributed by atoms with E-state index in [1.165, 1.54) is 0 Å². The molecular weight excluding hydrogens is 325 g/mol. The lowest BCUT2D eigenvalue weighted by atomic mass is 9.97. The smallest absolute Gasteiger partial charge is 0.309 e. The summed E-state index contributed by atoms with van der Waals surface area (Å²) in [5.74, 6) is 0.583. The van der Waals surface area contributed by atoms with E-state index in [4.69, 9.17) is 32.7 Å². The first kappa shape index (κ1) is 17.4. The quantitative estimate of drug-likeness (QED) is 0.737. The molecule has 1 fully saturated rings. The van der Waals surface area contributed by atoms with Gasteiger partial charge < -0.3 is 9.47 Å². The zero-order valence-corrected chi connectivity index (χ0v) is 14.2. The summed E-state index contributed by atoms with van der Waals surface area (Å²) in [5.41, 5.74) is 0. The van der Waals surface area contributed by atoms with Crippen molar-refractivity contribution in [3.63, 3.8) is 0 Å². The highest BCUT2D eigenvalue weighted by atomic mass is 35.5. The van der Waals surface area contributed by atoms with Crippen molar-refractivity contribution in [1.29, 1.82) is 0 Å². The number of rotatable bonds is 6. The molecule has 1 saturated heterocycles. The van der Waals surface area contributed by atoms with Gasteiger partial charge in [-0.25, -0.2) is 0 Å². The van der Waals surface area contributed by atoms with Crippen molar-refractivity contribution >= 4 is 29.2 Å². The summed E-state index contributed by atoms with van der Waals surface area (Å²) in [7, 11) is 0. The predicted octanol–water partition coefficient (Wildman–Crippen LogP) is 3.65. The third-order valence-corrected chi connectivity index (χ3v) is 4.31. The molecule has 0 spiro atoms. The second-order valence-electron chi connectivity index (χ2n) is 5.29. The third-order valence-electron chi connectivity index (χ3n) is 3.77. The molecule has 0 amide bonds. The summed E-state index contributed by atoms with van der Waals surface area (Å²) in [4.78, 5) is 14.0. The van der Waals surface area contributed by atoms with Gasteiger partial charge >= 0.3 is 5.97 Å². The molecule has 1 aromatic carbocycles. The van der Waals surface area contributed by atoms with Crippen molar-refractivity contribution in [2.75, 3.05) is 32.8 Å². The first-order valence-electron chi connectivity index (χ1n) is 7.57. The minimum atomic E-state index is -0.0656. The molecule has 1 aliphatic rings. The number of benzene rings is 1. The SMILES string of the molecule is CCOC(=O)C1CCN(CCOc2cc(Cl)ccc2Cl)CC1. The van der Waals surface area contributed by atoms with E-state index in [2.05, 4.69) is 4.90 Å². The van der Waals surface area contributed by atoms with Gasteiger partial charge in [-0.3, -0.25) is 9.69 Å². The Kier molecular flexibility index (Phi) is 6.80. The number of esters is 1. The van der Waals surface area contributed by atoms with Crippen molar-refractivity contribution in [3.05, 3.63) is 28.2 Å². The average Bonchev–Trinajstić information content (AvgIpc) is 2.51. The molecule has 1 heterocycles. The number of hydrogen-bond donors (Lipinski definition) is 0. The molecule has 1 aromatic rings. The lowest BCUT2D eigenvalue weighted by Crippen LogP contribution is -2.39. The van der Waals surface area contributed by atoms with Crippen LogP contribution in [-0.2, 0) is 9.53 Å². The van der Waals surface area contributed by atoms with Crippen LogP contribution < -0.4 is 4.74 Å². The first-order valence-corrected chi connectivity index (χ1v) is 8.32. The van der Waals surface area contributed by atoms with Crippen molar-refractivity contribution in [1.82, 2.24) is 4.90 Å². The Labute approximate surface area is 141 Å². The number of hydrogen-bond acceptors (Lipinski definition) is 4. The van der Waals surface area contributed by atoms with Gasteiger partial charge in [0, 0.05) is 17.6 Å². The van der Waals surface area contributed by atoms with Crippen molar-refractivity contribution in [3.8, 4) is 5.75 Å². The molecule has 22 heavy (non-hydrogen) atoms. The van der Waals surface area contributed by atoms with Crippen molar-refractivity contribution in [2.24, 2.45) is 5.92 Å². The van der Waals surface area contributed by atoms with E-state index in [-0.39, 0.29) is 11.9 Å². The molecule has 0 radical (unpaired) electrons. The fraction of sp³-hybridized carbons (Fsp3) is 0.562. The minimum absolute atomic E-state index is 0.0412. The maximum atomic E-state index is 11.7. The Balaban J connectivity index is 1.71. The van der Waals surface area contributed by atoms with Crippen molar-refractivity contribution in [2.45, 2.75) is 19.8 Å². The summed E-state index contributed by atoms with van der Waals surface area (Å²) >= 11 is 12.0. The van der Waals surface area contributed by atoms with Crippen LogP contribution in [0.4, 0.5) is 0 Å². The first-order chi connectivity index (χ1) is 10.6. The number of ether oxygens (including phenoxy) is 2. The number of piperidine rings is 1. The number of likely N-dealkylation sites (tertiary alicyclic amines) is 1. The lowest BCUT2D eigenvalue weighted by Gasteiger charge is -2.30. The van der Waals surface area contributed by atoms with Crippen LogP contribution in [0.3, 0.4) is 0 Å². The molecule has 0 aromatic heterocycles. The summed E-state index contributed by atoms with van der Waals surface area (Å²) in [6.45, 7) is 5.41. The topological polar surface area (TPSA) is 38.8 Å². The molecule has 2 rings (SSSR count). The zero-order chi connectivity index (χ0) is 15.9. The van der Waals surface area contributed by atoms with Gasteiger partial charge in [-0.1, -0.05) is 23.2 Å². The highest BCUT2D eigenvalue weighted by Crippen LogP contribution is 2.27. The Bertz CT molecular complexity index is 502. The zero-order valence-electron chi connectivity index (χ0n) is 12.7. The van der Waals surface area contributed by atoms with Gasteiger partial charge in [-0.2, -0.15) is 0 Å². The fourth-order valence-electron chi connectivity index (χ4n) is 2.52. The van der Waals surface area contributed by atoms with Crippen LogP contribution in [0.2, 0.25) is 10.0 Å². The van der Waals surface area contributed by atoms with E-state index < -0.39 is 0 Å². The maximum absolute atomic E-state index is 11.7. The van der Waals surface area contributed by atoms with Gasteiger partial charge in [0.25, 0.3) is 0 Å². The Hall–Kier alpha value is -0.970. The number of nitrogens with zero attached hydrogens (tertiary/aromatic N) is 1. The van der Waals surface area contributed by atoms with Gasteiger partial charge in [0.15, 0.2) is 0 Å². The molecule has 122 valence electrons. The van der Waals surface area contributed by atoms with E-state index in [0.29, 0.717) is 29.0 Å². The molecule has 0 bridgehead atoms. The van der Waals surface area contributed by atoms with Gasteiger partial charge in [-0.05, 0) is 45.0 Å². The Morgan fingerprint density at radius 1 is 1.32 bits per heavy atom. The molecule has 6 heteroatoms. The molecule has 0 unspecified atom stereocenters. The molecule has 4 nitrogen and oxygen atoms in total. The molecule has 0 saturated carbocycles. The summed E-state index contributed by atoms with van der Waals surface area (Å²) in [6, 6.07) is 5.18. The molecule has 0 atom stereocenters. The summed E-state index contributed by atoms with van der Waals surface area (Å²) < 4.78 is 10.8. The van der Waals surface area contributed by atoms with E-state index in [0.717, 1.165) is 32.5 Å². The normalized spacial score (nSPS) is 16.5. The standard InChI is InChI=1S/C16H21Cl2NO3/c1-2-21-16(20)12-5-7-19(8-6-12)9-10-22-15-11-13(17)3-4-14(15)18/h3-4,11-12H,2,5-10H2,1H3. The number of carbonyl (C=O) groups excluding carboxylic acids is 1. The lowest BCUT2D eigenvalue weighted by molar-refractivity contribution is -0.149. The van der Waals surface area contributed by atoms with Crippen LogP contribution in [0.25, 0.3) is 0 Å². The second-order valence-corrected chi connectivity index (χ2v) is 6.13. The largest absolute Gasteiger partial charge is 0.491 e. The van der Waals surface area contributed by atoms with Gasteiger partial charge in [-0.15, -0.1) is 0 Å². The monoisotopic (exact) mass is 345 g/mol.